The maximum atomic E-state index is 11.9. The van der Waals surface area contributed by atoms with Crippen molar-refractivity contribution in [1.29, 1.82) is 0 Å². The lowest BCUT2D eigenvalue weighted by Crippen LogP contribution is -2.36. The van der Waals surface area contributed by atoms with Gasteiger partial charge in [-0.1, -0.05) is 32.6 Å². The minimum atomic E-state index is -0.756. The molecule has 1 aliphatic rings. The van der Waals surface area contributed by atoms with Crippen molar-refractivity contribution < 1.29 is 19.1 Å². The second-order valence-corrected chi connectivity index (χ2v) is 4.89. The summed E-state index contributed by atoms with van der Waals surface area (Å²) in [6, 6.07) is 0. The van der Waals surface area contributed by atoms with Crippen molar-refractivity contribution in [1.82, 2.24) is 0 Å². The van der Waals surface area contributed by atoms with E-state index in [-0.39, 0.29) is 5.92 Å². The standard InChI is InChI=1S/C14H24O4/c1-4-17-13(15)12(14(16)18-5-2)10(3)11-8-6-7-9-11/h10-12H,4-9H2,1-3H3. The average molecular weight is 256 g/mol. The molecule has 1 fully saturated rings. The first-order chi connectivity index (χ1) is 8.61. The third-order valence-electron chi connectivity index (χ3n) is 3.75. The normalized spacial score (nSPS) is 17.8. The van der Waals surface area contributed by atoms with E-state index >= 15 is 0 Å². The quantitative estimate of drug-likeness (QED) is 0.541. The molecule has 1 atom stereocenters. The smallest absolute Gasteiger partial charge is 0.320 e. The van der Waals surface area contributed by atoms with E-state index < -0.39 is 17.9 Å². The molecule has 0 aliphatic heterocycles. The zero-order valence-electron chi connectivity index (χ0n) is 11.6. The average Bonchev–Trinajstić information content (AvgIpc) is 2.83. The molecule has 0 aromatic rings. The van der Waals surface area contributed by atoms with Gasteiger partial charge < -0.3 is 9.47 Å². The van der Waals surface area contributed by atoms with E-state index in [0.717, 1.165) is 12.8 Å². The highest BCUT2D eigenvalue weighted by Crippen LogP contribution is 2.36. The molecule has 0 saturated heterocycles. The van der Waals surface area contributed by atoms with Crippen LogP contribution in [0.1, 0.15) is 46.5 Å². The Morgan fingerprint density at radius 3 is 1.89 bits per heavy atom. The largest absolute Gasteiger partial charge is 0.465 e. The monoisotopic (exact) mass is 256 g/mol. The summed E-state index contributed by atoms with van der Waals surface area (Å²) in [6.45, 7) is 6.06. The highest BCUT2D eigenvalue weighted by molar-refractivity contribution is 5.95. The summed E-state index contributed by atoms with van der Waals surface area (Å²) < 4.78 is 10.0. The lowest BCUT2D eigenvalue weighted by molar-refractivity contribution is -0.165. The van der Waals surface area contributed by atoms with Crippen LogP contribution in [0.25, 0.3) is 0 Å². The van der Waals surface area contributed by atoms with Crippen LogP contribution in [0.15, 0.2) is 0 Å². The molecule has 1 unspecified atom stereocenters. The summed E-state index contributed by atoms with van der Waals surface area (Å²) in [7, 11) is 0. The van der Waals surface area contributed by atoms with Crippen molar-refractivity contribution in [3.05, 3.63) is 0 Å². The first-order valence-corrected chi connectivity index (χ1v) is 6.95. The number of carbonyl (C=O) groups is 2. The fourth-order valence-electron chi connectivity index (χ4n) is 2.74. The van der Waals surface area contributed by atoms with Crippen LogP contribution in [-0.2, 0) is 19.1 Å². The van der Waals surface area contributed by atoms with Gasteiger partial charge in [0, 0.05) is 0 Å². The van der Waals surface area contributed by atoms with Crippen molar-refractivity contribution in [3.63, 3.8) is 0 Å². The van der Waals surface area contributed by atoms with E-state index in [9.17, 15) is 9.59 Å². The molecule has 0 spiro atoms. The van der Waals surface area contributed by atoms with E-state index in [1.54, 1.807) is 13.8 Å². The number of esters is 2. The zero-order chi connectivity index (χ0) is 13.5. The van der Waals surface area contributed by atoms with Crippen LogP contribution < -0.4 is 0 Å². The number of ether oxygens (including phenoxy) is 2. The Hall–Kier alpha value is -1.06. The van der Waals surface area contributed by atoms with Crippen LogP contribution in [-0.4, -0.2) is 25.2 Å². The predicted octanol–water partition coefficient (Wildman–Crippen LogP) is 2.56. The summed E-state index contributed by atoms with van der Waals surface area (Å²) in [6.07, 6.45) is 4.56. The van der Waals surface area contributed by atoms with Gasteiger partial charge in [0.05, 0.1) is 13.2 Å². The van der Waals surface area contributed by atoms with Crippen LogP contribution in [0.2, 0.25) is 0 Å². The molecule has 0 N–H and O–H groups in total. The van der Waals surface area contributed by atoms with Crippen molar-refractivity contribution in [2.45, 2.75) is 46.5 Å². The van der Waals surface area contributed by atoms with Gasteiger partial charge in [0.1, 0.15) is 0 Å². The third-order valence-corrected chi connectivity index (χ3v) is 3.75. The van der Waals surface area contributed by atoms with Gasteiger partial charge in [-0.2, -0.15) is 0 Å². The number of rotatable bonds is 6. The van der Waals surface area contributed by atoms with E-state index in [4.69, 9.17) is 9.47 Å². The van der Waals surface area contributed by atoms with Crippen molar-refractivity contribution in [3.8, 4) is 0 Å². The topological polar surface area (TPSA) is 52.6 Å². The summed E-state index contributed by atoms with van der Waals surface area (Å²) in [5.74, 6) is -1.19. The molecule has 0 amide bonds. The Balaban J connectivity index is 2.74. The van der Waals surface area contributed by atoms with Gasteiger partial charge in [0.25, 0.3) is 0 Å². The van der Waals surface area contributed by atoms with Gasteiger partial charge in [-0.25, -0.2) is 0 Å². The molecule has 1 rings (SSSR count). The molecule has 18 heavy (non-hydrogen) atoms. The third kappa shape index (κ3) is 3.72. The molecule has 1 saturated carbocycles. The maximum absolute atomic E-state index is 11.9. The molecule has 0 aromatic heterocycles. The zero-order valence-corrected chi connectivity index (χ0v) is 11.6. The first-order valence-electron chi connectivity index (χ1n) is 6.95. The van der Waals surface area contributed by atoms with Crippen LogP contribution in [0.5, 0.6) is 0 Å². The van der Waals surface area contributed by atoms with Gasteiger partial charge in [-0.05, 0) is 25.7 Å². The first kappa shape index (κ1) is 15.0. The van der Waals surface area contributed by atoms with Crippen LogP contribution >= 0.6 is 0 Å². The predicted molar refractivity (Wildman–Crippen MR) is 67.9 cm³/mol. The molecule has 0 radical (unpaired) electrons. The number of hydrogen-bond donors (Lipinski definition) is 0. The van der Waals surface area contributed by atoms with Gasteiger partial charge in [-0.3, -0.25) is 9.59 Å². The second kappa shape index (κ2) is 7.39. The maximum Gasteiger partial charge on any atom is 0.320 e. The molecule has 0 heterocycles. The molecule has 0 aromatic carbocycles. The second-order valence-electron chi connectivity index (χ2n) is 4.89. The van der Waals surface area contributed by atoms with E-state index in [0.29, 0.717) is 19.1 Å². The molecule has 1 aliphatic carbocycles. The summed E-state index contributed by atoms with van der Waals surface area (Å²) in [4.78, 5) is 23.9. The van der Waals surface area contributed by atoms with E-state index in [2.05, 4.69) is 0 Å². The Labute approximate surface area is 109 Å². The number of hydrogen-bond acceptors (Lipinski definition) is 4. The fraction of sp³-hybridized carbons (Fsp3) is 0.857. The molecule has 4 nitrogen and oxygen atoms in total. The van der Waals surface area contributed by atoms with E-state index in [1.165, 1.54) is 12.8 Å². The van der Waals surface area contributed by atoms with Gasteiger partial charge in [0.15, 0.2) is 5.92 Å². The van der Waals surface area contributed by atoms with Crippen LogP contribution in [0, 0.1) is 17.8 Å². The molecule has 0 bridgehead atoms. The highest BCUT2D eigenvalue weighted by Gasteiger charge is 2.39. The van der Waals surface area contributed by atoms with Crippen LogP contribution in [0.4, 0.5) is 0 Å². The van der Waals surface area contributed by atoms with Crippen LogP contribution in [0.3, 0.4) is 0 Å². The molecular formula is C14H24O4. The van der Waals surface area contributed by atoms with Crippen molar-refractivity contribution in [2.75, 3.05) is 13.2 Å². The Bertz CT molecular complexity index is 264. The van der Waals surface area contributed by atoms with E-state index in [1.807, 2.05) is 6.92 Å². The lowest BCUT2D eigenvalue weighted by Gasteiger charge is -2.25. The molecular weight excluding hydrogens is 232 g/mol. The van der Waals surface area contributed by atoms with Gasteiger partial charge in [-0.15, -0.1) is 0 Å². The summed E-state index contributed by atoms with van der Waals surface area (Å²) in [5, 5.41) is 0. The minimum absolute atomic E-state index is 0.00519. The number of carbonyl (C=O) groups excluding carboxylic acids is 2. The van der Waals surface area contributed by atoms with Crippen molar-refractivity contribution in [2.24, 2.45) is 17.8 Å². The van der Waals surface area contributed by atoms with Gasteiger partial charge >= 0.3 is 11.9 Å². The SMILES string of the molecule is CCOC(=O)C(C(=O)OCC)C(C)C1CCCC1. The Kier molecular flexibility index (Phi) is 6.16. The Morgan fingerprint density at radius 1 is 1.06 bits per heavy atom. The fourth-order valence-corrected chi connectivity index (χ4v) is 2.74. The van der Waals surface area contributed by atoms with Gasteiger partial charge in [0.2, 0.25) is 0 Å². The highest BCUT2D eigenvalue weighted by atomic mass is 16.6. The Morgan fingerprint density at radius 2 is 1.50 bits per heavy atom. The minimum Gasteiger partial charge on any atom is -0.465 e. The summed E-state index contributed by atoms with van der Waals surface area (Å²) >= 11 is 0. The lowest BCUT2D eigenvalue weighted by atomic mass is 9.82. The molecule has 4 heteroatoms. The molecule has 104 valence electrons. The summed E-state index contributed by atoms with van der Waals surface area (Å²) in [5.41, 5.74) is 0. The van der Waals surface area contributed by atoms with Crippen molar-refractivity contribution >= 4 is 11.9 Å².